The van der Waals surface area contributed by atoms with Crippen LogP contribution in [0.2, 0.25) is 0 Å². The van der Waals surface area contributed by atoms with Crippen molar-refractivity contribution in [3.05, 3.63) is 41.0 Å². The molecule has 0 unspecified atom stereocenters. The van der Waals surface area contributed by atoms with Gasteiger partial charge >= 0.3 is 0 Å². The van der Waals surface area contributed by atoms with Crippen molar-refractivity contribution >= 4 is 11.0 Å². The van der Waals surface area contributed by atoms with E-state index in [9.17, 15) is 0 Å². The van der Waals surface area contributed by atoms with E-state index in [0.29, 0.717) is 5.92 Å². The molecule has 31 heavy (non-hydrogen) atoms. The van der Waals surface area contributed by atoms with Crippen molar-refractivity contribution in [2.45, 2.75) is 72.1 Å². The van der Waals surface area contributed by atoms with Gasteiger partial charge in [0, 0.05) is 12.6 Å². The summed E-state index contributed by atoms with van der Waals surface area (Å²) in [6, 6.07) is 4.26. The van der Waals surface area contributed by atoms with Crippen molar-refractivity contribution in [1.82, 2.24) is 24.8 Å². The lowest BCUT2D eigenvalue weighted by molar-refractivity contribution is 0.209. The van der Waals surface area contributed by atoms with Gasteiger partial charge in [0.15, 0.2) is 0 Å². The first-order valence-electron chi connectivity index (χ1n) is 11.9. The Morgan fingerprint density at radius 1 is 1.10 bits per heavy atom. The smallest absolute Gasteiger partial charge is 0.141 e. The minimum atomic E-state index is 0.326. The van der Waals surface area contributed by atoms with Gasteiger partial charge in [-0.3, -0.25) is 0 Å². The van der Waals surface area contributed by atoms with Gasteiger partial charge in [0.05, 0.1) is 22.3 Å². The van der Waals surface area contributed by atoms with Crippen LogP contribution in [0, 0.1) is 19.8 Å². The van der Waals surface area contributed by atoms with Crippen LogP contribution in [0.1, 0.15) is 74.5 Å². The molecule has 0 aliphatic carbocycles. The van der Waals surface area contributed by atoms with E-state index in [1.165, 1.54) is 56.3 Å². The number of piperidine rings is 1. The molecule has 1 fully saturated rings. The number of fused-ring (bicyclic) bond motifs is 1. The second kappa shape index (κ2) is 9.47. The predicted octanol–water partition coefficient (Wildman–Crippen LogP) is 5.81. The number of unbranched alkanes of at least 4 members (excludes halogenated alkanes) is 1. The molecule has 2 aromatic heterocycles. The van der Waals surface area contributed by atoms with Gasteiger partial charge in [-0.1, -0.05) is 32.8 Å². The van der Waals surface area contributed by atoms with E-state index in [-0.39, 0.29) is 0 Å². The monoisotopic (exact) mass is 419 g/mol. The Kier molecular flexibility index (Phi) is 6.71. The third kappa shape index (κ3) is 4.98. The predicted molar refractivity (Wildman–Crippen MR) is 128 cm³/mol. The average Bonchev–Trinajstić information content (AvgIpc) is 3.20. The lowest BCUT2D eigenvalue weighted by Crippen LogP contribution is -2.30. The number of likely N-dealkylation sites (tertiary alicyclic amines) is 1. The summed E-state index contributed by atoms with van der Waals surface area (Å²) < 4.78 is 0. The molecule has 1 N–H and O–H groups in total. The highest BCUT2D eigenvalue weighted by Crippen LogP contribution is 2.29. The van der Waals surface area contributed by atoms with Crippen molar-refractivity contribution in [3.63, 3.8) is 0 Å². The lowest BCUT2D eigenvalue weighted by Gasteiger charge is -2.28. The van der Waals surface area contributed by atoms with Gasteiger partial charge in [-0.05, 0) is 82.3 Å². The Bertz CT molecular complexity index is 1030. The zero-order valence-electron chi connectivity index (χ0n) is 19.8. The van der Waals surface area contributed by atoms with Gasteiger partial charge in [-0.2, -0.15) is 0 Å². The average molecular weight is 420 g/mol. The number of aromatic nitrogens is 4. The van der Waals surface area contributed by atoms with E-state index in [0.717, 1.165) is 46.3 Å². The molecule has 0 atom stereocenters. The molecule has 0 radical (unpaired) electrons. The molecule has 1 saturated heterocycles. The van der Waals surface area contributed by atoms with Crippen molar-refractivity contribution in [2.75, 3.05) is 20.1 Å². The minimum absolute atomic E-state index is 0.326. The number of benzene rings is 1. The van der Waals surface area contributed by atoms with Crippen LogP contribution in [0.5, 0.6) is 0 Å². The third-order valence-electron chi connectivity index (χ3n) is 6.95. The standard InChI is InChI=1S/C26H37N5/c1-17(2)24-21(26-28-22-11-10-18(3)19(4)25(22)30-26)16-27-23(29-24)9-7-6-8-20-12-14-31(5)15-13-20/h10-11,16-17,20H,6-9,12-15H2,1-5H3,(H,28,30). The fraction of sp³-hybridized carbons (Fsp3) is 0.577. The highest BCUT2D eigenvalue weighted by molar-refractivity contribution is 5.83. The fourth-order valence-corrected chi connectivity index (χ4v) is 4.68. The van der Waals surface area contributed by atoms with E-state index < -0.39 is 0 Å². The largest absolute Gasteiger partial charge is 0.338 e. The minimum Gasteiger partial charge on any atom is -0.338 e. The summed E-state index contributed by atoms with van der Waals surface area (Å²) in [5, 5.41) is 0. The Labute approximate surface area is 186 Å². The van der Waals surface area contributed by atoms with Crippen LogP contribution in [0.3, 0.4) is 0 Å². The van der Waals surface area contributed by atoms with Crippen molar-refractivity contribution < 1.29 is 0 Å². The normalized spacial score (nSPS) is 15.9. The van der Waals surface area contributed by atoms with E-state index in [4.69, 9.17) is 15.0 Å². The summed E-state index contributed by atoms with van der Waals surface area (Å²) in [6.45, 7) is 11.2. The van der Waals surface area contributed by atoms with E-state index in [1.54, 1.807) is 0 Å². The molecule has 1 aliphatic rings. The molecule has 0 bridgehead atoms. The number of nitrogens with zero attached hydrogens (tertiary/aromatic N) is 4. The second-order valence-electron chi connectivity index (χ2n) is 9.72. The second-order valence-corrected chi connectivity index (χ2v) is 9.72. The molecular weight excluding hydrogens is 382 g/mol. The molecule has 5 nitrogen and oxygen atoms in total. The van der Waals surface area contributed by atoms with E-state index in [1.807, 2.05) is 6.20 Å². The molecule has 4 rings (SSSR count). The van der Waals surface area contributed by atoms with Gasteiger partial charge in [0.25, 0.3) is 0 Å². The Morgan fingerprint density at radius 3 is 2.61 bits per heavy atom. The Hall–Kier alpha value is -2.27. The van der Waals surface area contributed by atoms with E-state index in [2.05, 4.69) is 56.8 Å². The maximum absolute atomic E-state index is 4.98. The number of imidazole rings is 1. The van der Waals surface area contributed by atoms with Crippen LogP contribution in [-0.2, 0) is 6.42 Å². The SMILES string of the molecule is Cc1ccc2[nH]c(-c3cnc(CCCCC4CCN(C)CC4)nc3C(C)C)nc2c1C. The Balaban J connectivity index is 1.45. The molecule has 3 heterocycles. The van der Waals surface area contributed by atoms with E-state index >= 15 is 0 Å². The summed E-state index contributed by atoms with van der Waals surface area (Å²) >= 11 is 0. The highest BCUT2D eigenvalue weighted by atomic mass is 15.1. The highest BCUT2D eigenvalue weighted by Gasteiger charge is 2.18. The molecule has 3 aromatic rings. The fourth-order valence-electron chi connectivity index (χ4n) is 4.68. The number of H-pyrrole nitrogens is 1. The van der Waals surface area contributed by atoms with Crippen molar-refractivity contribution in [2.24, 2.45) is 5.92 Å². The molecule has 1 aromatic carbocycles. The number of aryl methyl sites for hydroxylation is 3. The topological polar surface area (TPSA) is 57.7 Å². The number of nitrogens with one attached hydrogen (secondary N) is 1. The Morgan fingerprint density at radius 2 is 1.87 bits per heavy atom. The molecule has 1 aliphatic heterocycles. The maximum Gasteiger partial charge on any atom is 0.141 e. The van der Waals surface area contributed by atoms with Crippen molar-refractivity contribution in [3.8, 4) is 11.4 Å². The molecule has 0 spiro atoms. The first-order chi connectivity index (χ1) is 14.9. The molecule has 166 valence electrons. The zero-order chi connectivity index (χ0) is 22.0. The van der Waals surface area contributed by atoms with Gasteiger partial charge in [-0.15, -0.1) is 0 Å². The number of hydrogen-bond donors (Lipinski definition) is 1. The zero-order valence-corrected chi connectivity index (χ0v) is 19.8. The first-order valence-corrected chi connectivity index (χ1v) is 11.9. The quantitative estimate of drug-likeness (QED) is 0.491. The van der Waals surface area contributed by atoms with Gasteiger partial charge in [0.1, 0.15) is 11.6 Å². The number of rotatable bonds is 7. The molecule has 0 amide bonds. The van der Waals surface area contributed by atoms with Gasteiger partial charge in [0.2, 0.25) is 0 Å². The summed E-state index contributed by atoms with van der Waals surface area (Å²) in [6.07, 6.45) is 9.46. The van der Waals surface area contributed by atoms with Crippen LogP contribution >= 0.6 is 0 Å². The maximum atomic E-state index is 4.98. The summed E-state index contributed by atoms with van der Waals surface area (Å²) in [5.41, 5.74) is 6.73. The van der Waals surface area contributed by atoms with Crippen LogP contribution in [-0.4, -0.2) is 45.0 Å². The summed E-state index contributed by atoms with van der Waals surface area (Å²) in [7, 11) is 2.23. The summed E-state index contributed by atoms with van der Waals surface area (Å²) in [5.74, 6) is 3.08. The summed E-state index contributed by atoms with van der Waals surface area (Å²) in [4.78, 5) is 20.5. The number of aromatic amines is 1. The van der Waals surface area contributed by atoms with Gasteiger partial charge < -0.3 is 9.88 Å². The first kappa shape index (κ1) is 21.9. The number of hydrogen-bond acceptors (Lipinski definition) is 4. The lowest BCUT2D eigenvalue weighted by atomic mass is 9.91. The molecular formula is C26H37N5. The van der Waals surface area contributed by atoms with Crippen LogP contribution in [0.4, 0.5) is 0 Å². The van der Waals surface area contributed by atoms with Crippen LogP contribution in [0.15, 0.2) is 18.3 Å². The van der Waals surface area contributed by atoms with Gasteiger partial charge in [-0.25, -0.2) is 15.0 Å². The third-order valence-corrected chi connectivity index (χ3v) is 6.95. The van der Waals surface area contributed by atoms with Crippen molar-refractivity contribution in [1.29, 1.82) is 0 Å². The van der Waals surface area contributed by atoms with Crippen LogP contribution < -0.4 is 0 Å². The molecule has 0 saturated carbocycles. The molecule has 5 heteroatoms. The van der Waals surface area contributed by atoms with Crippen LogP contribution in [0.25, 0.3) is 22.4 Å².